The Morgan fingerprint density at radius 1 is 1.23 bits per heavy atom. The number of alkyl halides is 3. The van der Waals surface area contributed by atoms with Gasteiger partial charge in [-0.05, 0) is 70.3 Å². The van der Waals surface area contributed by atoms with Gasteiger partial charge >= 0.3 is 6.18 Å². The molecule has 0 aliphatic heterocycles. The second-order valence-corrected chi connectivity index (χ2v) is 10.4. The lowest BCUT2D eigenvalue weighted by atomic mass is 9.75. The van der Waals surface area contributed by atoms with Gasteiger partial charge in [0.25, 0.3) is 5.91 Å². The number of carbonyl (C=O) groups is 2. The van der Waals surface area contributed by atoms with Crippen LogP contribution in [0.15, 0.2) is 36.4 Å². The van der Waals surface area contributed by atoms with Crippen molar-refractivity contribution >= 4 is 45.7 Å². The molecule has 0 radical (unpaired) electrons. The number of primary amides is 1. The Labute approximate surface area is 212 Å². The first kappa shape index (κ1) is 25.2. The van der Waals surface area contributed by atoms with Gasteiger partial charge in [-0.15, -0.1) is 0 Å². The fraction of sp³-hybridized carbons (Fsp3) is 0.292. The summed E-state index contributed by atoms with van der Waals surface area (Å²) >= 11 is 2.06. The van der Waals surface area contributed by atoms with Crippen molar-refractivity contribution < 1.29 is 27.9 Å². The topological polar surface area (TPSA) is 110 Å². The van der Waals surface area contributed by atoms with E-state index in [-0.39, 0.29) is 42.1 Å². The van der Waals surface area contributed by atoms with Gasteiger partial charge in [0, 0.05) is 15.7 Å². The average Bonchev–Trinajstić information content (AvgIpc) is 3.12. The van der Waals surface area contributed by atoms with Crippen LogP contribution in [0, 0.1) is 8.99 Å². The molecule has 0 bridgehead atoms. The molecule has 0 spiro atoms. The summed E-state index contributed by atoms with van der Waals surface area (Å²) in [7, 11) is 0. The number of halogens is 4. The summed E-state index contributed by atoms with van der Waals surface area (Å²) in [6.07, 6.45) is -4.59. The van der Waals surface area contributed by atoms with Crippen molar-refractivity contribution in [3.05, 3.63) is 68.0 Å². The number of rotatable bonds is 5. The average molecular weight is 602 g/mol. The lowest BCUT2D eigenvalue weighted by Crippen LogP contribution is -2.29. The number of benzene rings is 2. The summed E-state index contributed by atoms with van der Waals surface area (Å²) in [6.45, 7) is 3.50. The Hall–Kier alpha value is -2.93. The van der Waals surface area contributed by atoms with Gasteiger partial charge in [-0.25, -0.2) is 4.68 Å². The van der Waals surface area contributed by atoms with Gasteiger partial charge in [-0.2, -0.15) is 18.3 Å². The molecule has 1 aliphatic rings. The highest BCUT2D eigenvalue weighted by Crippen LogP contribution is 2.42. The highest BCUT2D eigenvalue weighted by Gasteiger charge is 2.45. The standard InChI is InChI=1S/C24H22F3IN4O3/c1-23(2)9-18-20(19(34)10-23)21(24(25,26)27)31-32(18)14-5-6-15(22(29)35)17(8-14)30-13-4-3-12(11-33)16(28)7-13/h3-8,30,33H,9-11H2,1-2H3,(H2,29,35)/i28+4. The minimum atomic E-state index is -4.80. The number of hydrogen-bond donors (Lipinski definition) is 3. The minimum absolute atomic E-state index is 0.00926. The molecule has 4 N–H and O–H groups in total. The SMILES string of the molecule is CC1(C)CC(=O)c2c(C(F)(F)F)nn(-c3ccc(C(N)=O)c(Nc4ccc(CO)c([131I])c4)c3)c2C1. The van der Waals surface area contributed by atoms with E-state index in [0.29, 0.717) is 5.69 Å². The molecular weight excluding hydrogens is 580 g/mol. The van der Waals surface area contributed by atoms with Crippen LogP contribution in [-0.4, -0.2) is 26.6 Å². The highest BCUT2D eigenvalue weighted by molar-refractivity contribution is 14.1. The largest absolute Gasteiger partial charge is 0.435 e. The molecule has 0 atom stereocenters. The van der Waals surface area contributed by atoms with Gasteiger partial charge < -0.3 is 16.2 Å². The fourth-order valence-electron chi connectivity index (χ4n) is 4.25. The number of aliphatic hydroxyl groups is 1. The first-order valence-electron chi connectivity index (χ1n) is 10.6. The third-order valence-corrected chi connectivity index (χ3v) is 6.83. The third-order valence-electron chi connectivity index (χ3n) is 5.83. The van der Waals surface area contributed by atoms with Crippen molar-refractivity contribution in [2.24, 2.45) is 11.1 Å². The van der Waals surface area contributed by atoms with Crippen molar-refractivity contribution in [3.63, 3.8) is 0 Å². The number of nitrogens with one attached hydrogen (secondary N) is 1. The van der Waals surface area contributed by atoms with Crippen LogP contribution in [0.2, 0.25) is 0 Å². The Balaban J connectivity index is 1.86. The Bertz CT molecular complexity index is 1350. The number of fused-ring (bicyclic) bond motifs is 1. The predicted octanol–water partition coefficient (Wildman–Crippen LogP) is 4.99. The van der Waals surface area contributed by atoms with Gasteiger partial charge in [0.2, 0.25) is 0 Å². The van der Waals surface area contributed by atoms with Crippen molar-refractivity contribution in [2.45, 2.75) is 39.5 Å². The number of carbonyl (C=O) groups excluding carboxylic acids is 2. The fourth-order valence-corrected chi connectivity index (χ4v) is 4.94. The summed E-state index contributed by atoms with van der Waals surface area (Å²) in [4.78, 5) is 24.8. The Kier molecular flexibility index (Phi) is 6.43. The normalized spacial score (nSPS) is 15.1. The molecule has 4 rings (SSSR count). The molecule has 1 amide bonds. The van der Waals surface area contributed by atoms with E-state index < -0.39 is 34.5 Å². The van der Waals surface area contributed by atoms with E-state index >= 15 is 0 Å². The quantitative estimate of drug-likeness (QED) is 0.357. The van der Waals surface area contributed by atoms with Crippen LogP contribution < -0.4 is 11.1 Å². The van der Waals surface area contributed by atoms with Crippen molar-refractivity contribution in [1.82, 2.24) is 9.78 Å². The van der Waals surface area contributed by atoms with Gasteiger partial charge in [0.05, 0.1) is 34.8 Å². The molecule has 1 heterocycles. The van der Waals surface area contributed by atoms with Crippen LogP contribution in [0.3, 0.4) is 0 Å². The molecule has 11 heteroatoms. The van der Waals surface area contributed by atoms with Gasteiger partial charge in [-0.3, -0.25) is 9.59 Å². The number of nitrogens with two attached hydrogens (primary N) is 1. The van der Waals surface area contributed by atoms with E-state index in [0.717, 1.165) is 13.8 Å². The molecule has 35 heavy (non-hydrogen) atoms. The second-order valence-electron chi connectivity index (χ2n) is 9.20. The minimum Gasteiger partial charge on any atom is -0.392 e. The molecule has 184 valence electrons. The number of hydrogen-bond acceptors (Lipinski definition) is 5. The van der Waals surface area contributed by atoms with Crippen LogP contribution in [-0.2, 0) is 19.2 Å². The molecular formula is C24H22F3IN4O3. The maximum absolute atomic E-state index is 13.8. The van der Waals surface area contributed by atoms with E-state index in [9.17, 15) is 27.9 Å². The summed E-state index contributed by atoms with van der Waals surface area (Å²) in [5.41, 5.74) is 5.50. The monoisotopic (exact) mass is 602 g/mol. The molecule has 1 aromatic heterocycles. The van der Waals surface area contributed by atoms with E-state index in [1.807, 2.05) is 13.8 Å². The van der Waals surface area contributed by atoms with Gasteiger partial charge in [0.1, 0.15) is 0 Å². The third kappa shape index (κ3) is 4.92. The van der Waals surface area contributed by atoms with E-state index in [2.05, 4.69) is 33.0 Å². The first-order chi connectivity index (χ1) is 16.3. The van der Waals surface area contributed by atoms with Crippen molar-refractivity contribution in [1.29, 1.82) is 0 Å². The van der Waals surface area contributed by atoms with Crippen LogP contribution in [0.4, 0.5) is 24.5 Å². The zero-order valence-corrected chi connectivity index (χ0v) is 21.0. The smallest absolute Gasteiger partial charge is 0.392 e. The molecule has 0 fully saturated rings. The Morgan fingerprint density at radius 3 is 2.54 bits per heavy atom. The van der Waals surface area contributed by atoms with Gasteiger partial charge in [0.15, 0.2) is 11.5 Å². The molecule has 1 aliphatic carbocycles. The van der Waals surface area contributed by atoms with Crippen molar-refractivity contribution in [3.8, 4) is 5.69 Å². The molecule has 0 saturated heterocycles. The summed E-state index contributed by atoms with van der Waals surface area (Å²) < 4.78 is 43.3. The zero-order chi connectivity index (χ0) is 25.7. The summed E-state index contributed by atoms with van der Waals surface area (Å²) in [5.74, 6) is -1.32. The summed E-state index contributed by atoms with van der Waals surface area (Å²) in [6, 6.07) is 9.50. The lowest BCUT2D eigenvalue weighted by molar-refractivity contribution is -0.141. The summed E-state index contributed by atoms with van der Waals surface area (Å²) in [5, 5.41) is 16.3. The van der Waals surface area contributed by atoms with Gasteiger partial charge in [-0.1, -0.05) is 19.9 Å². The number of Topliss-reactive ketones (excluding diaryl/α,β-unsaturated/α-hetero) is 1. The van der Waals surface area contributed by atoms with Crippen LogP contribution in [0.1, 0.15) is 57.9 Å². The van der Waals surface area contributed by atoms with Crippen LogP contribution >= 0.6 is 22.6 Å². The number of aromatic nitrogens is 2. The second kappa shape index (κ2) is 8.94. The molecule has 0 saturated carbocycles. The van der Waals surface area contributed by atoms with Crippen LogP contribution in [0.25, 0.3) is 5.69 Å². The highest BCUT2D eigenvalue weighted by atomic mass is 131. The Morgan fingerprint density at radius 2 is 1.94 bits per heavy atom. The first-order valence-corrected chi connectivity index (χ1v) is 11.7. The molecule has 3 aromatic rings. The molecule has 0 unspecified atom stereocenters. The van der Waals surface area contributed by atoms with Crippen molar-refractivity contribution in [2.75, 3.05) is 5.32 Å². The van der Waals surface area contributed by atoms with E-state index in [1.165, 1.54) is 18.2 Å². The molecule has 2 aromatic carbocycles. The number of amides is 1. The lowest BCUT2D eigenvalue weighted by Gasteiger charge is -2.29. The number of aliphatic hydroxyl groups excluding tert-OH is 1. The maximum atomic E-state index is 13.8. The maximum Gasteiger partial charge on any atom is 0.435 e. The van der Waals surface area contributed by atoms with Crippen LogP contribution in [0.5, 0.6) is 0 Å². The number of anilines is 2. The van der Waals surface area contributed by atoms with E-state index in [1.54, 1.807) is 18.2 Å². The molecule has 7 nitrogen and oxygen atoms in total. The zero-order valence-electron chi connectivity index (χ0n) is 18.8. The predicted molar refractivity (Wildman–Crippen MR) is 132 cm³/mol. The number of ketones is 1. The van der Waals surface area contributed by atoms with E-state index in [4.69, 9.17) is 5.73 Å². The number of nitrogens with zero attached hydrogens (tertiary/aromatic N) is 2.